The molecule has 0 unspecified atom stereocenters. The Hall–Kier alpha value is -3.99. The number of carbonyl (C=O) groups excluding carboxylic acids is 4. The normalized spacial score (nSPS) is 16.5. The van der Waals surface area contributed by atoms with Crippen molar-refractivity contribution in [2.45, 2.75) is 142 Å². The molecule has 282 valence electrons. The van der Waals surface area contributed by atoms with Gasteiger partial charge in [-0.15, -0.1) is 0 Å². The first-order chi connectivity index (χ1) is 24.3. The average Bonchev–Trinajstić information content (AvgIpc) is 3.10. The zero-order valence-corrected chi connectivity index (χ0v) is 31.5. The van der Waals surface area contributed by atoms with Gasteiger partial charge in [0, 0.05) is 31.9 Å². The standard InChI is InChI=1S/C40H61N5O6/c1-7-14-34(45(6)38(49)32(44-39(50)51-40(3,4)5)20-19-29-15-10-8-11-16-29)37(48)43-33(26-30-17-12-9-13-18-30)35(46)25-28(2)36(47)42-27-31-21-23-41-24-22-31/h8,10-11,15-16,21-24,28,30,32-35,46H,7,9,12-14,17-20,25-27H2,1-6H3,(H,42,47)(H,43,48)(H,44,50)/t28-,32+,33+,34+,35+/m1/s1. The highest BCUT2D eigenvalue weighted by Crippen LogP contribution is 2.29. The van der Waals surface area contributed by atoms with Crippen molar-refractivity contribution >= 4 is 23.8 Å². The molecule has 0 saturated heterocycles. The van der Waals surface area contributed by atoms with Crippen LogP contribution in [-0.4, -0.2) is 75.7 Å². The molecule has 1 aromatic heterocycles. The Morgan fingerprint density at radius 3 is 2.24 bits per heavy atom. The Kier molecular flexibility index (Phi) is 16.9. The molecule has 1 aliphatic carbocycles. The monoisotopic (exact) mass is 707 g/mol. The second-order valence-corrected chi connectivity index (χ2v) is 15.1. The topological polar surface area (TPSA) is 150 Å². The summed E-state index contributed by atoms with van der Waals surface area (Å²) in [5, 5.41) is 20.4. The molecule has 11 nitrogen and oxygen atoms in total. The summed E-state index contributed by atoms with van der Waals surface area (Å²) in [6.07, 6.45) is 9.78. The molecule has 0 radical (unpaired) electrons. The van der Waals surface area contributed by atoms with Gasteiger partial charge in [0.05, 0.1) is 12.1 Å². The van der Waals surface area contributed by atoms with Crippen molar-refractivity contribution in [2.75, 3.05) is 7.05 Å². The van der Waals surface area contributed by atoms with Crippen LogP contribution in [0.25, 0.3) is 0 Å². The summed E-state index contributed by atoms with van der Waals surface area (Å²) < 4.78 is 5.48. The summed E-state index contributed by atoms with van der Waals surface area (Å²) in [4.78, 5) is 59.5. The number of alkyl carbamates (subject to hydrolysis) is 1. The molecular formula is C40H61N5O6. The minimum absolute atomic E-state index is 0.175. The molecule has 0 bridgehead atoms. The van der Waals surface area contributed by atoms with Gasteiger partial charge >= 0.3 is 6.09 Å². The third-order valence-electron chi connectivity index (χ3n) is 9.60. The van der Waals surface area contributed by atoms with Gasteiger partial charge in [-0.05, 0) is 82.1 Å². The number of pyridine rings is 1. The van der Waals surface area contributed by atoms with Crippen molar-refractivity contribution < 1.29 is 29.0 Å². The lowest BCUT2D eigenvalue weighted by molar-refractivity contribution is -0.141. The molecule has 1 heterocycles. The third-order valence-corrected chi connectivity index (χ3v) is 9.60. The van der Waals surface area contributed by atoms with Gasteiger partial charge < -0.3 is 30.7 Å². The zero-order chi connectivity index (χ0) is 37.4. The van der Waals surface area contributed by atoms with E-state index in [0.717, 1.165) is 36.8 Å². The largest absolute Gasteiger partial charge is 0.444 e. The molecule has 5 atom stereocenters. The molecule has 4 amide bonds. The van der Waals surface area contributed by atoms with Crippen molar-refractivity contribution in [1.29, 1.82) is 0 Å². The predicted molar refractivity (Wildman–Crippen MR) is 198 cm³/mol. The molecule has 1 aliphatic rings. The highest BCUT2D eigenvalue weighted by atomic mass is 16.6. The van der Waals surface area contributed by atoms with Gasteiger partial charge in [0.25, 0.3) is 0 Å². The second kappa shape index (κ2) is 20.8. The molecule has 1 aromatic carbocycles. The highest BCUT2D eigenvalue weighted by molar-refractivity contribution is 5.91. The van der Waals surface area contributed by atoms with Crippen LogP contribution in [-0.2, 0) is 32.1 Å². The number of rotatable bonds is 18. The molecule has 1 saturated carbocycles. The average molecular weight is 708 g/mol. The van der Waals surface area contributed by atoms with Crippen LogP contribution in [0.2, 0.25) is 0 Å². The molecule has 51 heavy (non-hydrogen) atoms. The second-order valence-electron chi connectivity index (χ2n) is 15.1. The third kappa shape index (κ3) is 14.6. The summed E-state index contributed by atoms with van der Waals surface area (Å²) in [5.41, 5.74) is 1.20. The smallest absolute Gasteiger partial charge is 0.408 e. The number of ether oxygens (including phenoxy) is 1. The molecule has 3 rings (SSSR count). The minimum atomic E-state index is -0.965. The van der Waals surface area contributed by atoms with Crippen molar-refractivity contribution in [2.24, 2.45) is 11.8 Å². The van der Waals surface area contributed by atoms with Gasteiger partial charge in [-0.25, -0.2) is 4.79 Å². The van der Waals surface area contributed by atoms with Crippen LogP contribution in [0.1, 0.15) is 110 Å². The van der Waals surface area contributed by atoms with E-state index in [0.29, 0.717) is 44.6 Å². The fourth-order valence-corrected chi connectivity index (χ4v) is 6.71. The summed E-state index contributed by atoms with van der Waals surface area (Å²) in [5.74, 6) is -1.08. The van der Waals surface area contributed by atoms with Crippen LogP contribution < -0.4 is 16.0 Å². The van der Waals surface area contributed by atoms with Crippen LogP contribution >= 0.6 is 0 Å². The van der Waals surface area contributed by atoms with Gasteiger partial charge in [0.2, 0.25) is 17.7 Å². The number of likely N-dealkylation sites (N-methyl/N-ethyl adjacent to an activating group) is 1. The van der Waals surface area contributed by atoms with Gasteiger partial charge in [-0.3, -0.25) is 19.4 Å². The molecule has 4 N–H and O–H groups in total. The predicted octanol–water partition coefficient (Wildman–Crippen LogP) is 5.69. The molecule has 0 spiro atoms. The first kappa shape index (κ1) is 41.4. The molecular weight excluding hydrogens is 646 g/mol. The van der Waals surface area contributed by atoms with E-state index in [2.05, 4.69) is 20.9 Å². The van der Waals surface area contributed by atoms with Gasteiger partial charge in [0.15, 0.2) is 0 Å². The van der Waals surface area contributed by atoms with Crippen molar-refractivity contribution in [3.63, 3.8) is 0 Å². The van der Waals surface area contributed by atoms with E-state index < -0.39 is 47.7 Å². The summed E-state index contributed by atoms with van der Waals surface area (Å²) in [6.45, 7) is 9.37. The Bertz CT molecular complexity index is 1360. The number of aliphatic hydroxyl groups is 1. The maximum Gasteiger partial charge on any atom is 0.408 e. The first-order valence-corrected chi connectivity index (χ1v) is 18.7. The van der Waals surface area contributed by atoms with Gasteiger partial charge in [0.1, 0.15) is 17.7 Å². The Morgan fingerprint density at radius 2 is 1.61 bits per heavy atom. The van der Waals surface area contributed by atoms with Crippen molar-refractivity contribution in [3.8, 4) is 0 Å². The lowest BCUT2D eigenvalue weighted by Gasteiger charge is -2.35. The van der Waals surface area contributed by atoms with Crippen LogP contribution in [0, 0.1) is 11.8 Å². The Morgan fingerprint density at radius 1 is 0.941 bits per heavy atom. The number of benzene rings is 1. The van der Waals surface area contributed by atoms with E-state index in [9.17, 15) is 24.3 Å². The van der Waals surface area contributed by atoms with Crippen LogP contribution in [0.15, 0.2) is 54.9 Å². The number of amides is 4. The van der Waals surface area contributed by atoms with E-state index >= 15 is 0 Å². The fourth-order valence-electron chi connectivity index (χ4n) is 6.71. The number of nitrogens with one attached hydrogen (secondary N) is 3. The SMILES string of the molecule is CCC[C@@H](C(=O)N[C@@H](CC1CCCCC1)[C@@H](O)C[C@@H](C)C(=O)NCc1ccncc1)N(C)C(=O)[C@H](CCc1ccccc1)NC(=O)OC(C)(C)C. The Labute approximate surface area is 304 Å². The maximum absolute atomic E-state index is 14.1. The van der Waals surface area contributed by atoms with Crippen molar-refractivity contribution in [1.82, 2.24) is 25.8 Å². The number of aryl methyl sites for hydroxylation is 1. The van der Waals surface area contributed by atoms with E-state index in [4.69, 9.17) is 4.74 Å². The maximum atomic E-state index is 14.1. The van der Waals surface area contributed by atoms with E-state index in [-0.39, 0.29) is 18.2 Å². The first-order valence-electron chi connectivity index (χ1n) is 18.7. The molecule has 11 heteroatoms. The van der Waals surface area contributed by atoms with Crippen LogP contribution in [0.4, 0.5) is 4.79 Å². The fraction of sp³-hybridized carbons (Fsp3) is 0.625. The quantitative estimate of drug-likeness (QED) is 0.155. The van der Waals surface area contributed by atoms with Gasteiger partial charge in [-0.2, -0.15) is 0 Å². The van der Waals surface area contributed by atoms with E-state index in [1.54, 1.807) is 47.1 Å². The number of aromatic nitrogens is 1. The number of hydrogen-bond donors (Lipinski definition) is 4. The van der Waals surface area contributed by atoms with E-state index in [1.165, 1.54) is 11.3 Å². The molecule has 0 aliphatic heterocycles. The number of hydrogen-bond acceptors (Lipinski definition) is 7. The molecule has 2 aromatic rings. The Balaban J connectivity index is 1.75. The van der Waals surface area contributed by atoms with Gasteiger partial charge in [-0.1, -0.05) is 82.7 Å². The highest BCUT2D eigenvalue weighted by Gasteiger charge is 2.35. The lowest BCUT2D eigenvalue weighted by Crippen LogP contribution is -2.57. The van der Waals surface area contributed by atoms with Crippen LogP contribution in [0.5, 0.6) is 0 Å². The summed E-state index contributed by atoms with van der Waals surface area (Å²) in [7, 11) is 1.59. The molecule has 1 fully saturated rings. The minimum Gasteiger partial charge on any atom is -0.444 e. The lowest BCUT2D eigenvalue weighted by atomic mass is 9.82. The zero-order valence-electron chi connectivity index (χ0n) is 31.5. The number of carbonyl (C=O) groups is 4. The van der Waals surface area contributed by atoms with Crippen LogP contribution in [0.3, 0.4) is 0 Å². The summed E-state index contributed by atoms with van der Waals surface area (Å²) >= 11 is 0. The van der Waals surface area contributed by atoms with Crippen molar-refractivity contribution in [3.05, 3.63) is 66.0 Å². The van der Waals surface area contributed by atoms with E-state index in [1.807, 2.05) is 49.4 Å². The number of aliphatic hydroxyl groups excluding tert-OH is 1. The number of nitrogens with zero attached hydrogens (tertiary/aromatic N) is 2. The summed E-state index contributed by atoms with van der Waals surface area (Å²) in [6, 6.07) is 11.0.